The summed E-state index contributed by atoms with van der Waals surface area (Å²) in [5, 5.41) is 0.168. The van der Waals surface area contributed by atoms with Gasteiger partial charge >= 0.3 is 0 Å². The lowest BCUT2D eigenvalue weighted by molar-refractivity contribution is 0.573. The second-order valence-corrected chi connectivity index (χ2v) is 4.49. The summed E-state index contributed by atoms with van der Waals surface area (Å²) in [6, 6.07) is 2.95. The lowest BCUT2D eigenvalue weighted by Gasteiger charge is -2.21. The third-order valence-electron chi connectivity index (χ3n) is 1.86. The van der Waals surface area contributed by atoms with Crippen LogP contribution in [0, 0.1) is 5.82 Å². The normalized spacial score (nSPS) is 11.8. The zero-order valence-corrected chi connectivity index (χ0v) is 8.74. The van der Waals surface area contributed by atoms with Gasteiger partial charge in [0.25, 0.3) is 0 Å². The Labute approximate surface area is 82.7 Å². The second-order valence-electron chi connectivity index (χ2n) is 4.11. The van der Waals surface area contributed by atoms with Crippen LogP contribution in [-0.4, -0.2) is 0 Å². The van der Waals surface area contributed by atoms with Crippen LogP contribution < -0.4 is 5.73 Å². The number of nitrogen functional groups attached to an aromatic ring is 1. The minimum Gasteiger partial charge on any atom is -0.399 e. The van der Waals surface area contributed by atoms with E-state index in [9.17, 15) is 4.39 Å². The first-order valence-electron chi connectivity index (χ1n) is 4.07. The zero-order valence-electron chi connectivity index (χ0n) is 7.99. The molecule has 2 N–H and O–H groups in total. The molecule has 0 aromatic heterocycles. The molecule has 0 heterocycles. The Hall–Kier alpha value is -0.760. The standard InChI is InChI=1S/C10H13ClFN/c1-10(2,3)7-4-6(13)5-8(12)9(7)11/h4-5H,13H2,1-3H3. The largest absolute Gasteiger partial charge is 0.399 e. The molecular formula is C10H13ClFN. The van der Waals surface area contributed by atoms with E-state index in [2.05, 4.69) is 0 Å². The van der Waals surface area contributed by atoms with Gasteiger partial charge < -0.3 is 5.73 Å². The molecule has 1 rings (SSSR count). The molecule has 0 spiro atoms. The Kier molecular flexibility index (Phi) is 2.53. The SMILES string of the molecule is CC(C)(C)c1cc(N)cc(F)c1Cl. The van der Waals surface area contributed by atoms with Gasteiger partial charge in [0, 0.05) is 5.69 Å². The summed E-state index contributed by atoms with van der Waals surface area (Å²) in [7, 11) is 0. The minimum atomic E-state index is -0.452. The average Bonchev–Trinajstić information content (AvgIpc) is 1.94. The summed E-state index contributed by atoms with van der Waals surface area (Å²) in [5.74, 6) is -0.452. The topological polar surface area (TPSA) is 26.0 Å². The van der Waals surface area contributed by atoms with Crippen molar-refractivity contribution in [3.8, 4) is 0 Å². The Bertz CT molecular complexity index is 328. The molecular weight excluding hydrogens is 189 g/mol. The van der Waals surface area contributed by atoms with Crippen LogP contribution in [0.25, 0.3) is 0 Å². The van der Waals surface area contributed by atoms with Crippen LogP contribution >= 0.6 is 11.6 Å². The summed E-state index contributed by atoms with van der Waals surface area (Å²) in [4.78, 5) is 0. The maximum atomic E-state index is 13.2. The van der Waals surface area contributed by atoms with Gasteiger partial charge in [-0.2, -0.15) is 0 Å². The number of anilines is 1. The molecule has 0 amide bonds. The highest BCUT2D eigenvalue weighted by molar-refractivity contribution is 6.31. The molecule has 13 heavy (non-hydrogen) atoms. The van der Waals surface area contributed by atoms with Crippen molar-refractivity contribution in [3.63, 3.8) is 0 Å². The third-order valence-corrected chi connectivity index (χ3v) is 2.24. The van der Waals surface area contributed by atoms with Crippen LogP contribution in [0.2, 0.25) is 5.02 Å². The van der Waals surface area contributed by atoms with Crippen molar-refractivity contribution in [2.24, 2.45) is 0 Å². The van der Waals surface area contributed by atoms with E-state index in [1.54, 1.807) is 6.07 Å². The fourth-order valence-corrected chi connectivity index (χ4v) is 1.55. The van der Waals surface area contributed by atoms with Crippen LogP contribution in [-0.2, 0) is 5.41 Å². The number of rotatable bonds is 0. The molecule has 0 saturated carbocycles. The van der Waals surface area contributed by atoms with Crippen molar-refractivity contribution < 1.29 is 4.39 Å². The van der Waals surface area contributed by atoms with Crippen LogP contribution in [0.15, 0.2) is 12.1 Å². The lowest BCUT2D eigenvalue weighted by Crippen LogP contribution is -2.13. The smallest absolute Gasteiger partial charge is 0.144 e. The van der Waals surface area contributed by atoms with Crippen molar-refractivity contribution >= 4 is 17.3 Å². The summed E-state index contributed by atoms with van der Waals surface area (Å²) in [5.41, 5.74) is 6.49. The Morgan fingerprint density at radius 3 is 2.31 bits per heavy atom. The molecule has 0 saturated heterocycles. The van der Waals surface area contributed by atoms with E-state index in [1.807, 2.05) is 20.8 Å². The molecule has 0 aliphatic carbocycles. The molecule has 0 radical (unpaired) electrons. The number of hydrogen-bond donors (Lipinski definition) is 1. The number of benzene rings is 1. The molecule has 72 valence electrons. The third kappa shape index (κ3) is 2.13. The van der Waals surface area contributed by atoms with Gasteiger partial charge in [0.15, 0.2) is 0 Å². The van der Waals surface area contributed by atoms with E-state index < -0.39 is 5.82 Å². The molecule has 0 atom stereocenters. The predicted octanol–water partition coefficient (Wildman–Crippen LogP) is 3.36. The molecule has 1 nitrogen and oxygen atoms in total. The van der Waals surface area contributed by atoms with E-state index in [0.717, 1.165) is 5.56 Å². The zero-order chi connectivity index (χ0) is 10.2. The first-order valence-corrected chi connectivity index (χ1v) is 4.45. The van der Waals surface area contributed by atoms with Gasteiger partial charge in [-0.05, 0) is 23.1 Å². The van der Waals surface area contributed by atoms with Crippen LogP contribution in [0.1, 0.15) is 26.3 Å². The van der Waals surface area contributed by atoms with E-state index in [1.165, 1.54) is 6.07 Å². The highest BCUT2D eigenvalue weighted by Crippen LogP contribution is 2.32. The van der Waals surface area contributed by atoms with Gasteiger partial charge in [-0.25, -0.2) is 4.39 Å². The maximum absolute atomic E-state index is 13.2. The summed E-state index contributed by atoms with van der Waals surface area (Å²) >= 11 is 5.82. The molecule has 1 aromatic carbocycles. The van der Waals surface area contributed by atoms with Gasteiger partial charge in [0.2, 0.25) is 0 Å². The number of hydrogen-bond acceptors (Lipinski definition) is 1. The Morgan fingerprint density at radius 1 is 1.31 bits per heavy atom. The van der Waals surface area contributed by atoms with Crippen LogP contribution in [0.4, 0.5) is 10.1 Å². The molecule has 0 bridgehead atoms. The first-order chi connectivity index (χ1) is 5.82. The molecule has 3 heteroatoms. The van der Waals surface area contributed by atoms with Crippen LogP contribution in [0.3, 0.4) is 0 Å². The van der Waals surface area contributed by atoms with Gasteiger partial charge in [-0.1, -0.05) is 32.4 Å². The fraction of sp³-hybridized carbons (Fsp3) is 0.400. The Balaban J connectivity index is 3.37. The van der Waals surface area contributed by atoms with Gasteiger partial charge in [-0.15, -0.1) is 0 Å². The fourth-order valence-electron chi connectivity index (χ4n) is 1.16. The van der Waals surface area contributed by atoms with E-state index in [-0.39, 0.29) is 10.4 Å². The van der Waals surface area contributed by atoms with E-state index in [0.29, 0.717) is 5.69 Å². The van der Waals surface area contributed by atoms with Crippen molar-refractivity contribution in [3.05, 3.63) is 28.5 Å². The maximum Gasteiger partial charge on any atom is 0.144 e. The molecule has 1 aromatic rings. The molecule has 0 unspecified atom stereocenters. The summed E-state index contributed by atoms with van der Waals surface area (Å²) in [6.45, 7) is 5.90. The van der Waals surface area contributed by atoms with Gasteiger partial charge in [-0.3, -0.25) is 0 Å². The molecule has 0 aliphatic rings. The summed E-state index contributed by atoms with van der Waals surface area (Å²) < 4.78 is 13.2. The van der Waals surface area contributed by atoms with Crippen LogP contribution in [0.5, 0.6) is 0 Å². The highest BCUT2D eigenvalue weighted by Gasteiger charge is 2.20. The quantitative estimate of drug-likeness (QED) is 0.640. The first kappa shape index (κ1) is 10.3. The van der Waals surface area contributed by atoms with Crippen molar-refractivity contribution in [1.82, 2.24) is 0 Å². The monoisotopic (exact) mass is 201 g/mol. The van der Waals surface area contributed by atoms with Gasteiger partial charge in [0.05, 0.1) is 5.02 Å². The second kappa shape index (κ2) is 3.18. The van der Waals surface area contributed by atoms with E-state index in [4.69, 9.17) is 17.3 Å². The van der Waals surface area contributed by atoms with Crippen molar-refractivity contribution in [1.29, 1.82) is 0 Å². The lowest BCUT2D eigenvalue weighted by atomic mass is 9.86. The minimum absolute atomic E-state index is 0.168. The number of halogens is 2. The van der Waals surface area contributed by atoms with E-state index >= 15 is 0 Å². The van der Waals surface area contributed by atoms with Gasteiger partial charge in [0.1, 0.15) is 5.82 Å². The molecule has 0 fully saturated rings. The predicted molar refractivity (Wildman–Crippen MR) is 54.5 cm³/mol. The van der Waals surface area contributed by atoms with Crippen molar-refractivity contribution in [2.45, 2.75) is 26.2 Å². The van der Waals surface area contributed by atoms with Crippen molar-refractivity contribution in [2.75, 3.05) is 5.73 Å². The molecule has 0 aliphatic heterocycles. The Morgan fingerprint density at radius 2 is 1.85 bits per heavy atom. The average molecular weight is 202 g/mol. The number of nitrogens with two attached hydrogens (primary N) is 1. The highest BCUT2D eigenvalue weighted by atomic mass is 35.5. The summed E-state index contributed by atoms with van der Waals surface area (Å²) in [6.07, 6.45) is 0.